The molecule has 0 aliphatic rings. The van der Waals surface area contributed by atoms with Gasteiger partial charge in [-0.05, 0) is 20.8 Å². The van der Waals surface area contributed by atoms with Crippen molar-refractivity contribution < 1.29 is 4.52 Å². The van der Waals surface area contributed by atoms with Crippen molar-refractivity contribution in [3.63, 3.8) is 0 Å². The molecule has 0 spiro atoms. The number of aromatic nitrogens is 2. The van der Waals surface area contributed by atoms with Gasteiger partial charge in [0.15, 0.2) is 5.96 Å². The molecular formula is C16H24IN5O. The van der Waals surface area contributed by atoms with Crippen molar-refractivity contribution in [2.24, 2.45) is 10.7 Å². The van der Waals surface area contributed by atoms with Crippen LogP contribution in [0, 0.1) is 0 Å². The first-order chi connectivity index (χ1) is 10.3. The van der Waals surface area contributed by atoms with Gasteiger partial charge < -0.3 is 15.6 Å². The van der Waals surface area contributed by atoms with Gasteiger partial charge in [0.2, 0.25) is 11.7 Å². The van der Waals surface area contributed by atoms with E-state index in [0.717, 1.165) is 5.56 Å². The molecule has 2 rings (SSSR count). The van der Waals surface area contributed by atoms with Gasteiger partial charge in [-0.1, -0.05) is 42.4 Å². The molecule has 0 saturated carbocycles. The largest absolute Gasteiger partial charge is 0.370 e. The second-order valence-corrected chi connectivity index (χ2v) is 6.32. The molecule has 1 atom stereocenters. The van der Waals surface area contributed by atoms with E-state index >= 15 is 0 Å². The summed E-state index contributed by atoms with van der Waals surface area (Å²) < 4.78 is 5.32. The highest BCUT2D eigenvalue weighted by Crippen LogP contribution is 2.19. The van der Waals surface area contributed by atoms with Crippen LogP contribution >= 0.6 is 24.0 Å². The maximum Gasteiger partial charge on any atom is 0.231 e. The predicted molar refractivity (Wildman–Crippen MR) is 103 cm³/mol. The van der Waals surface area contributed by atoms with Gasteiger partial charge in [0, 0.05) is 11.1 Å². The van der Waals surface area contributed by atoms with Crippen molar-refractivity contribution >= 4 is 29.9 Å². The third-order valence-electron chi connectivity index (χ3n) is 2.93. The van der Waals surface area contributed by atoms with Gasteiger partial charge in [0.25, 0.3) is 0 Å². The lowest BCUT2D eigenvalue weighted by atomic mass is 10.1. The Morgan fingerprint density at radius 2 is 1.96 bits per heavy atom. The maximum atomic E-state index is 5.85. The molecule has 0 aliphatic carbocycles. The Hall–Kier alpha value is -1.64. The van der Waals surface area contributed by atoms with E-state index in [1.807, 2.05) is 58.0 Å². The van der Waals surface area contributed by atoms with Crippen LogP contribution in [0.1, 0.15) is 39.5 Å². The van der Waals surface area contributed by atoms with E-state index in [0.29, 0.717) is 24.2 Å². The molecule has 7 heteroatoms. The summed E-state index contributed by atoms with van der Waals surface area (Å²) in [5, 5.41) is 7.13. The first-order valence-electron chi connectivity index (χ1n) is 7.32. The van der Waals surface area contributed by atoms with E-state index in [4.69, 9.17) is 10.3 Å². The topological polar surface area (TPSA) is 89.3 Å². The van der Waals surface area contributed by atoms with Gasteiger partial charge in [-0.15, -0.1) is 24.0 Å². The first kappa shape index (κ1) is 19.4. The van der Waals surface area contributed by atoms with Crippen LogP contribution in [0.2, 0.25) is 0 Å². The molecule has 0 aliphatic heterocycles. The smallest absolute Gasteiger partial charge is 0.231 e. The van der Waals surface area contributed by atoms with E-state index in [9.17, 15) is 0 Å². The lowest BCUT2D eigenvalue weighted by Crippen LogP contribution is -2.45. The number of nitrogens with two attached hydrogens (primary N) is 1. The Bertz CT molecular complexity index is 633. The fraction of sp³-hybridized carbons (Fsp3) is 0.438. The van der Waals surface area contributed by atoms with Crippen molar-refractivity contribution in [2.75, 3.05) is 6.54 Å². The Balaban J connectivity index is 0.00000264. The average Bonchev–Trinajstić information content (AvgIpc) is 2.94. The van der Waals surface area contributed by atoms with Crippen molar-refractivity contribution in [1.82, 2.24) is 15.5 Å². The summed E-state index contributed by atoms with van der Waals surface area (Å²) in [6.07, 6.45) is 0. The van der Waals surface area contributed by atoms with Gasteiger partial charge in [-0.3, -0.25) is 4.99 Å². The number of hydrogen-bond donors (Lipinski definition) is 2. The molecule has 6 nitrogen and oxygen atoms in total. The molecular weight excluding hydrogens is 405 g/mol. The minimum atomic E-state index is -0.109. The number of halogens is 1. The molecule has 3 N–H and O–H groups in total. The highest BCUT2D eigenvalue weighted by molar-refractivity contribution is 14.0. The number of benzene rings is 1. The standard InChI is InChI=1S/C16H23N5O.HI/c1-11(10-18-15(17)20-16(2,3)4)14-19-13(21-22-14)12-8-6-5-7-9-12;/h5-9,11H,10H2,1-4H3,(H3,17,18,20);1H. The van der Waals surface area contributed by atoms with E-state index < -0.39 is 0 Å². The third kappa shape index (κ3) is 6.17. The monoisotopic (exact) mass is 429 g/mol. The van der Waals surface area contributed by atoms with Gasteiger partial charge >= 0.3 is 0 Å². The maximum absolute atomic E-state index is 5.85. The molecule has 1 aromatic carbocycles. The Morgan fingerprint density at radius 3 is 2.57 bits per heavy atom. The van der Waals surface area contributed by atoms with E-state index in [1.54, 1.807) is 0 Å². The number of rotatable bonds is 4. The first-order valence-corrected chi connectivity index (χ1v) is 7.32. The highest BCUT2D eigenvalue weighted by Gasteiger charge is 2.16. The lowest BCUT2D eigenvalue weighted by molar-refractivity contribution is 0.361. The molecule has 0 bridgehead atoms. The normalized spacial score (nSPS) is 13.3. The van der Waals surface area contributed by atoms with Gasteiger partial charge in [-0.25, -0.2) is 0 Å². The zero-order valence-electron chi connectivity index (χ0n) is 13.9. The molecule has 1 aromatic heterocycles. The highest BCUT2D eigenvalue weighted by atomic mass is 127. The van der Waals surface area contributed by atoms with Crippen molar-refractivity contribution in [3.8, 4) is 11.4 Å². The summed E-state index contributed by atoms with van der Waals surface area (Å²) in [7, 11) is 0. The van der Waals surface area contributed by atoms with Crippen LogP contribution in [0.4, 0.5) is 0 Å². The number of hydrogen-bond acceptors (Lipinski definition) is 4. The summed E-state index contributed by atoms with van der Waals surface area (Å²) in [5.74, 6) is 1.57. The lowest BCUT2D eigenvalue weighted by Gasteiger charge is -2.21. The predicted octanol–water partition coefficient (Wildman–Crippen LogP) is 3.16. The van der Waals surface area contributed by atoms with Crippen LogP contribution in [0.25, 0.3) is 11.4 Å². The molecule has 0 amide bonds. The van der Waals surface area contributed by atoms with Crippen LogP contribution in [0.5, 0.6) is 0 Å². The van der Waals surface area contributed by atoms with Gasteiger partial charge in [0.1, 0.15) is 0 Å². The second kappa shape index (κ2) is 8.28. The third-order valence-corrected chi connectivity index (χ3v) is 2.93. The summed E-state index contributed by atoms with van der Waals surface area (Å²) >= 11 is 0. The summed E-state index contributed by atoms with van der Waals surface area (Å²) in [6.45, 7) is 8.57. The molecule has 0 fully saturated rings. The molecule has 2 aromatic rings. The SMILES string of the molecule is CC(CN=C(N)NC(C)(C)C)c1nc(-c2ccccc2)no1.I. The average molecular weight is 429 g/mol. The number of aliphatic imine (C=N–C) groups is 1. The van der Waals surface area contributed by atoms with E-state index in [-0.39, 0.29) is 35.4 Å². The van der Waals surface area contributed by atoms with Crippen molar-refractivity contribution in [2.45, 2.75) is 39.2 Å². The number of nitrogens with zero attached hydrogens (tertiary/aromatic N) is 3. The van der Waals surface area contributed by atoms with Gasteiger partial charge in [-0.2, -0.15) is 4.98 Å². The van der Waals surface area contributed by atoms with Crippen molar-refractivity contribution in [3.05, 3.63) is 36.2 Å². The minimum Gasteiger partial charge on any atom is -0.370 e. The van der Waals surface area contributed by atoms with Crippen LogP contribution in [0.15, 0.2) is 39.8 Å². The second-order valence-electron chi connectivity index (χ2n) is 6.32. The minimum absolute atomic E-state index is 0. The molecule has 1 heterocycles. The van der Waals surface area contributed by atoms with Crippen LogP contribution in [-0.4, -0.2) is 28.2 Å². The number of guanidine groups is 1. The summed E-state index contributed by atoms with van der Waals surface area (Å²) in [5.41, 5.74) is 6.68. The zero-order chi connectivity index (χ0) is 16.2. The van der Waals surface area contributed by atoms with E-state index in [1.165, 1.54) is 0 Å². The summed E-state index contributed by atoms with van der Waals surface area (Å²) in [4.78, 5) is 8.75. The Kier molecular flexibility index (Phi) is 6.99. The fourth-order valence-corrected chi connectivity index (χ4v) is 1.88. The quantitative estimate of drug-likeness (QED) is 0.443. The molecule has 23 heavy (non-hydrogen) atoms. The zero-order valence-corrected chi connectivity index (χ0v) is 16.2. The summed E-state index contributed by atoms with van der Waals surface area (Å²) in [6, 6.07) is 9.73. The Morgan fingerprint density at radius 1 is 1.30 bits per heavy atom. The van der Waals surface area contributed by atoms with Crippen LogP contribution < -0.4 is 11.1 Å². The molecule has 1 unspecified atom stereocenters. The number of nitrogens with one attached hydrogen (secondary N) is 1. The van der Waals surface area contributed by atoms with Crippen LogP contribution in [-0.2, 0) is 0 Å². The van der Waals surface area contributed by atoms with E-state index in [2.05, 4.69) is 20.4 Å². The van der Waals surface area contributed by atoms with Crippen LogP contribution in [0.3, 0.4) is 0 Å². The molecule has 0 radical (unpaired) electrons. The Labute approximate surface area is 154 Å². The van der Waals surface area contributed by atoms with Gasteiger partial charge in [0.05, 0.1) is 12.5 Å². The molecule has 0 saturated heterocycles. The fourth-order valence-electron chi connectivity index (χ4n) is 1.88. The molecule has 126 valence electrons. The van der Waals surface area contributed by atoms with Crippen molar-refractivity contribution in [1.29, 1.82) is 0 Å².